The summed E-state index contributed by atoms with van der Waals surface area (Å²) in [5, 5.41) is 3.02. The van der Waals surface area contributed by atoms with E-state index in [9.17, 15) is 0 Å². The van der Waals surface area contributed by atoms with Crippen LogP contribution in [0.3, 0.4) is 0 Å². The van der Waals surface area contributed by atoms with Gasteiger partial charge in [-0.3, -0.25) is 0 Å². The molecule has 0 radical (unpaired) electrons. The molecule has 1 nitrogen and oxygen atoms in total. The number of hydrogen-bond donors (Lipinski definition) is 1. The summed E-state index contributed by atoms with van der Waals surface area (Å²) in [6.45, 7) is 6.60. The Kier molecular flexibility index (Phi) is 4.20. The first kappa shape index (κ1) is 8.54. The van der Waals surface area contributed by atoms with Crippen LogP contribution in [0.4, 0.5) is 0 Å². The molecule has 0 heterocycles. The molecular formula is C8H17N. The van der Waals surface area contributed by atoms with Crippen molar-refractivity contribution in [1.82, 2.24) is 5.32 Å². The lowest BCUT2D eigenvalue weighted by atomic mass is 10.0. The Balaban J connectivity index is 3.70. The minimum absolute atomic E-state index is 0.720. The van der Waals surface area contributed by atoms with E-state index in [1.165, 1.54) is 12.0 Å². The van der Waals surface area contributed by atoms with E-state index in [0.717, 1.165) is 5.92 Å². The van der Waals surface area contributed by atoms with Crippen LogP contribution < -0.4 is 5.32 Å². The van der Waals surface area contributed by atoms with Gasteiger partial charge in [-0.15, -0.1) is 0 Å². The Morgan fingerprint density at radius 2 is 2.22 bits per heavy atom. The van der Waals surface area contributed by atoms with E-state index in [1.807, 2.05) is 7.05 Å². The number of hydrogen-bond acceptors (Lipinski definition) is 1. The van der Waals surface area contributed by atoms with Gasteiger partial charge in [0.05, 0.1) is 0 Å². The zero-order valence-electron chi connectivity index (χ0n) is 6.86. The highest BCUT2D eigenvalue weighted by atomic mass is 14.8. The fraction of sp³-hybridized carbons (Fsp3) is 0.750. The molecule has 0 saturated heterocycles. The predicted octanol–water partition coefficient (Wildman–Crippen LogP) is 2.16. The molecule has 0 aromatic carbocycles. The van der Waals surface area contributed by atoms with E-state index in [4.69, 9.17) is 0 Å². The van der Waals surface area contributed by atoms with Crippen molar-refractivity contribution in [1.29, 1.82) is 0 Å². The van der Waals surface area contributed by atoms with Gasteiger partial charge >= 0.3 is 0 Å². The van der Waals surface area contributed by atoms with Crippen LogP contribution in [-0.4, -0.2) is 7.05 Å². The van der Waals surface area contributed by atoms with Gasteiger partial charge in [-0.05, 0) is 25.5 Å². The molecule has 0 aromatic rings. The lowest BCUT2D eigenvalue weighted by Gasteiger charge is -2.07. The van der Waals surface area contributed by atoms with Crippen molar-refractivity contribution in [2.24, 2.45) is 5.92 Å². The molecule has 0 aliphatic rings. The Bertz CT molecular complexity index is 94.7. The zero-order valence-corrected chi connectivity index (χ0v) is 6.86. The van der Waals surface area contributed by atoms with Gasteiger partial charge in [-0.2, -0.15) is 0 Å². The first-order valence-electron chi connectivity index (χ1n) is 3.56. The van der Waals surface area contributed by atoms with Crippen LogP contribution in [-0.2, 0) is 0 Å². The van der Waals surface area contributed by atoms with Crippen LogP contribution in [0.1, 0.15) is 27.2 Å². The summed E-state index contributed by atoms with van der Waals surface area (Å²) in [4.78, 5) is 0. The smallest absolute Gasteiger partial charge is 0.00276 e. The minimum Gasteiger partial charge on any atom is -0.394 e. The monoisotopic (exact) mass is 127 g/mol. The Labute approximate surface area is 58.2 Å². The second-order valence-electron chi connectivity index (χ2n) is 2.49. The first-order valence-corrected chi connectivity index (χ1v) is 3.56. The fourth-order valence-electron chi connectivity index (χ4n) is 0.692. The summed E-state index contributed by atoms with van der Waals surface area (Å²) in [6.07, 6.45) is 3.29. The minimum atomic E-state index is 0.720. The fourth-order valence-corrected chi connectivity index (χ4v) is 0.692. The van der Waals surface area contributed by atoms with Crippen LogP contribution in [0.2, 0.25) is 0 Å². The number of allylic oxidation sites excluding steroid dienone is 1. The van der Waals surface area contributed by atoms with Gasteiger partial charge < -0.3 is 5.32 Å². The molecule has 0 saturated carbocycles. The maximum atomic E-state index is 3.02. The third kappa shape index (κ3) is 3.17. The third-order valence-corrected chi connectivity index (χ3v) is 1.76. The molecule has 1 N–H and O–H groups in total. The summed E-state index contributed by atoms with van der Waals surface area (Å²) in [5.41, 5.74) is 1.43. The van der Waals surface area contributed by atoms with Crippen LogP contribution in [0.5, 0.6) is 0 Å². The van der Waals surface area contributed by atoms with Gasteiger partial charge in [0.2, 0.25) is 0 Å². The lowest BCUT2D eigenvalue weighted by Crippen LogP contribution is -2.00. The van der Waals surface area contributed by atoms with E-state index in [2.05, 4.69) is 32.3 Å². The Morgan fingerprint density at radius 1 is 1.67 bits per heavy atom. The summed E-state index contributed by atoms with van der Waals surface area (Å²) < 4.78 is 0. The average Bonchev–Trinajstić information content (AvgIpc) is 1.87. The summed E-state index contributed by atoms with van der Waals surface area (Å²) >= 11 is 0. The average molecular weight is 127 g/mol. The van der Waals surface area contributed by atoms with Crippen molar-refractivity contribution >= 4 is 0 Å². The van der Waals surface area contributed by atoms with E-state index >= 15 is 0 Å². The largest absolute Gasteiger partial charge is 0.394 e. The van der Waals surface area contributed by atoms with E-state index in [0.29, 0.717) is 0 Å². The lowest BCUT2D eigenvalue weighted by molar-refractivity contribution is 0.650. The van der Waals surface area contributed by atoms with E-state index in [1.54, 1.807) is 0 Å². The molecule has 0 aromatic heterocycles. The molecule has 9 heavy (non-hydrogen) atoms. The standard InChI is InChI=1S/C8H17N/c1-5-7(2)8(3)6-9-4/h6-7,9H,5H2,1-4H3/b8-6-. The normalized spacial score (nSPS) is 15.3. The maximum Gasteiger partial charge on any atom is 0.00276 e. The zero-order chi connectivity index (χ0) is 7.28. The molecule has 0 fully saturated rings. The van der Waals surface area contributed by atoms with Crippen molar-refractivity contribution in [2.75, 3.05) is 7.05 Å². The molecule has 0 rings (SSSR count). The highest BCUT2D eigenvalue weighted by Gasteiger charge is 1.97. The van der Waals surface area contributed by atoms with E-state index < -0.39 is 0 Å². The molecular weight excluding hydrogens is 110 g/mol. The number of nitrogens with one attached hydrogen (secondary N) is 1. The highest BCUT2D eigenvalue weighted by Crippen LogP contribution is 2.11. The summed E-state index contributed by atoms with van der Waals surface area (Å²) in [7, 11) is 1.94. The summed E-state index contributed by atoms with van der Waals surface area (Å²) in [6, 6.07) is 0. The van der Waals surface area contributed by atoms with Crippen LogP contribution in [0, 0.1) is 5.92 Å². The topological polar surface area (TPSA) is 12.0 Å². The van der Waals surface area contributed by atoms with Crippen LogP contribution in [0.15, 0.2) is 11.8 Å². The van der Waals surface area contributed by atoms with Gasteiger partial charge in [-0.1, -0.05) is 19.4 Å². The molecule has 1 heteroatoms. The Hall–Kier alpha value is -0.460. The van der Waals surface area contributed by atoms with Gasteiger partial charge in [0.25, 0.3) is 0 Å². The second kappa shape index (κ2) is 4.42. The van der Waals surface area contributed by atoms with Crippen molar-refractivity contribution in [3.8, 4) is 0 Å². The van der Waals surface area contributed by atoms with Gasteiger partial charge in [0, 0.05) is 7.05 Å². The maximum absolute atomic E-state index is 3.02. The van der Waals surface area contributed by atoms with Crippen molar-refractivity contribution < 1.29 is 0 Å². The molecule has 1 unspecified atom stereocenters. The third-order valence-electron chi connectivity index (χ3n) is 1.76. The first-order chi connectivity index (χ1) is 4.22. The molecule has 0 aliphatic heterocycles. The van der Waals surface area contributed by atoms with Crippen molar-refractivity contribution in [2.45, 2.75) is 27.2 Å². The number of rotatable bonds is 3. The highest BCUT2D eigenvalue weighted by molar-refractivity contribution is 4.99. The van der Waals surface area contributed by atoms with Crippen LogP contribution >= 0.6 is 0 Å². The molecule has 0 amide bonds. The molecule has 54 valence electrons. The van der Waals surface area contributed by atoms with Crippen molar-refractivity contribution in [3.05, 3.63) is 11.8 Å². The van der Waals surface area contributed by atoms with E-state index in [-0.39, 0.29) is 0 Å². The molecule has 0 bridgehead atoms. The predicted molar refractivity (Wildman–Crippen MR) is 42.3 cm³/mol. The van der Waals surface area contributed by atoms with Crippen LogP contribution in [0.25, 0.3) is 0 Å². The van der Waals surface area contributed by atoms with Gasteiger partial charge in [-0.25, -0.2) is 0 Å². The molecule has 1 atom stereocenters. The quantitative estimate of drug-likeness (QED) is 0.612. The SMILES string of the molecule is CCC(C)/C(C)=C\NC. The molecule has 0 aliphatic carbocycles. The van der Waals surface area contributed by atoms with Crippen molar-refractivity contribution in [3.63, 3.8) is 0 Å². The second-order valence-corrected chi connectivity index (χ2v) is 2.49. The summed E-state index contributed by atoms with van der Waals surface area (Å²) in [5.74, 6) is 0.720. The van der Waals surface area contributed by atoms with Gasteiger partial charge in [0.1, 0.15) is 0 Å². The van der Waals surface area contributed by atoms with Gasteiger partial charge in [0.15, 0.2) is 0 Å². The molecule has 0 spiro atoms. The Morgan fingerprint density at radius 3 is 2.56 bits per heavy atom.